The summed E-state index contributed by atoms with van der Waals surface area (Å²) >= 11 is 1.09. The number of thioether (sulfide) groups is 1. The van der Waals surface area contributed by atoms with E-state index in [1.54, 1.807) is 38.4 Å². The Bertz CT molecular complexity index is 887. The van der Waals surface area contributed by atoms with Crippen molar-refractivity contribution in [1.82, 2.24) is 4.90 Å². The zero-order valence-corrected chi connectivity index (χ0v) is 16.8. The molecule has 0 aromatic heterocycles. The Morgan fingerprint density at radius 1 is 1.10 bits per heavy atom. The van der Waals surface area contributed by atoms with Crippen LogP contribution in [0.1, 0.15) is 5.56 Å². The zero-order chi connectivity index (χ0) is 21.4. The van der Waals surface area contributed by atoms with Crippen molar-refractivity contribution in [2.24, 2.45) is 0 Å². The molecule has 2 aromatic rings. The summed E-state index contributed by atoms with van der Waals surface area (Å²) in [4.78, 5) is 26.0. The summed E-state index contributed by atoms with van der Waals surface area (Å²) in [5.41, 5.74) is 1.15. The van der Waals surface area contributed by atoms with Gasteiger partial charge in [0.2, 0.25) is 5.91 Å². The van der Waals surface area contributed by atoms with E-state index in [1.165, 1.54) is 42.4 Å². The lowest BCUT2D eigenvalue weighted by atomic mass is 10.2. The van der Waals surface area contributed by atoms with E-state index in [0.29, 0.717) is 11.3 Å². The maximum Gasteiger partial charge on any atom is 0.387 e. The number of methoxy groups -OCH3 is 1. The zero-order valence-electron chi connectivity index (χ0n) is 16.0. The normalized spacial score (nSPS) is 10.8. The van der Waals surface area contributed by atoms with Gasteiger partial charge in [-0.1, -0.05) is 6.07 Å². The molecule has 154 valence electrons. The molecule has 0 spiro atoms. The van der Waals surface area contributed by atoms with Crippen LogP contribution in [0.2, 0.25) is 0 Å². The summed E-state index contributed by atoms with van der Waals surface area (Å²) in [7, 11) is 4.68. The van der Waals surface area contributed by atoms with E-state index in [4.69, 9.17) is 4.74 Å². The molecule has 0 aliphatic heterocycles. The maximum atomic E-state index is 12.4. The van der Waals surface area contributed by atoms with Crippen LogP contribution in [-0.4, -0.2) is 43.9 Å². The SMILES string of the molecule is COc1cc(/C=C/C(=O)Nc2ccc(SC(=O)N(C)C)cc2)ccc1OC(F)F. The molecule has 0 atom stereocenters. The number of nitrogens with one attached hydrogen (secondary N) is 1. The summed E-state index contributed by atoms with van der Waals surface area (Å²) in [6, 6.07) is 11.2. The topological polar surface area (TPSA) is 67.9 Å². The van der Waals surface area contributed by atoms with Gasteiger partial charge in [0.05, 0.1) is 7.11 Å². The molecular formula is C20H20F2N2O4S. The van der Waals surface area contributed by atoms with Gasteiger partial charge in [0.1, 0.15) is 0 Å². The molecule has 0 bridgehead atoms. The van der Waals surface area contributed by atoms with Crippen molar-refractivity contribution in [2.75, 3.05) is 26.5 Å². The molecule has 29 heavy (non-hydrogen) atoms. The average molecular weight is 422 g/mol. The quantitative estimate of drug-likeness (QED) is 0.517. The molecule has 2 aromatic carbocycles. The number of carbonyl (C=O) groups excluding carboxylic acids is 2. The molecule has 1 N–H and O–H groups in total. The average Bonchev–Trinajstić information content (AvgIpc) is 2.68. The lowest BCUT2D eigenvalue weighted by Crippen LogP contribution is -2.16. The standard InChI is InChI=1S/C20H20F2N2O4S/c1-24(2)20(26)29-15-8-6-14(7-9-15)23-18(25)11-5-13-4-10-16(28-19(21)22)17(12-13)27-3/h4-12,19H,1-3H3,(H,23,25)/b11-5+. The Labute approximate surface area is 171 Å². The first-order chi connectivity index (χ1) is 13.8. The molecule has 9 heteroatoms. The molecule has 0 aliphatic rings. The number of halogens is 2. The molecule has 2 rings (SSSR count). The van der Waals surface area contributed by atoms with Gasteiger partial charge in [0, 0.05) is 30.8 Å². The fourth-order valence-corrected chi connectivity index (χ4v) is 2.79. The van der Waals surface area contributed by atoms with Gasteiger partial charge in [-0.15, -0.1) is 0 Å². The molecule has 6 nitrogen and oxygen atoms in total. The van der Waals surface area contributed by atoms with E-state index in [9.17, 15) is 18.4 Å². The molecule has 2 amide bonds. The third kappa shape index (κ3) is 7.11. The molecule has 0 aliphatic carbocycles. The maximum absolute atomic E-state index is 12.4. The lowest BCUT2D eigenvalue weighted by Gasteiger charge is -2.10. The lowest BCUT2D eigenvalue weighted by molar-refractivity contribution is -0.111. The Kier molecular flexibility index (Phi) is 8.02. The minimum atomic E-state index is -2.96. The van der Waals surface area contributed by atoms with Crippen LogP contribution in [0.15, 0.2) is 53.4 Å². The van der Waals surface area contributed by atoms with Gasteiger partial charge in [0.15, 0.2) is 11.5 Å². The largest absolute Gasteiger partial charge is 0.493 e. The van der Waals surface area contributed by atoms with Crippen LogP contribution in [-0.2, 0) is 4.79 Å². The number of benzene rings is 2. The summed E-state index contributed by atoms with van der Waals surface area (Å²) in [5.74, 6) is -0.329. The summed E-state index contributed by atoms with van der Waals surface area (Å²) < 4.78 is 34.1. The van der Waals surface area contributed by atoms with E-state index < -0.39 is 6.61 Å². The van der Waals surface area contributed by atoms with E-state index in [2.05, 4.69) is 10.1 Å². The monoisotopic (exact) mass is 422 g/mol. The predicted molar refractivity (Wildman–Crippen MR) is 109 cm³/mol. The van der Waals surface area contributed by atoms with Crippen LogP contribution in [0.4, 0.5) is 19.3 Å². The second-order valence-electron chi connectivity index (χ2n) is 5.90. The fraction of sp³-hybridized carbons (Fsp3) is 0.200. The van der Waals surface area contributed by atoms with Crippen LogP contribution < -0.4 is 14.8 Å². The van der Waals surface area contributed by atoms with Gasteiger partial charge >= 0.3 is 6.61 Å². The van der Waals surface area contributed by atoms with Gasteiger partial charge in [0.25, 0.3) is 5.24 Å². The fourth-order valence-electron chi connectivity index (χ4n) is 2.14. The van der Waals surface area contributed by atoms with Crippen molar-refractivity contribution < 1.29 is 27.8 Å². The Morgan fingerprint density at radius 3 is 2.38 bits per heavy atom. The van der Waals surface area contributed by atoms with Crippen LogP contribution in [0.25, 0.3) is 6.08 Å². The number of hydrogen-bond acceptors (Lipinski definition) is 5. The van der Waals surface area contributed by atoms with E-state index >= 15 is 0 Å². The highest BCUT2D eigenvalue weighted by Gasteiger charge is 2.10. The Morgan fingerprint density at radius 2 is 1.79 bits per heavy atom. The summed E-state index contributed by atoms with van der Waals surface area (Å²) in [5, 5.41) is 2.60. The van der Waals surface area contributed by atoms with Crippen molar-refractivity contribution >= 4 is 34.7 Å². The number of rotatable bonds is 7. The highest BCUT2D eigenvalue weighted by Crippen LogP contribution is 2.30. The van der Waals surface area contributed by atoms with Crippen molar-refractivity contribution in [3.05, 3.63) is 54.1 Å². The highest BCUT2D eigenvalue weighted by molar-refractivity contribution is 8.13. The number of carbonyl (C=O) groups is 2. The van der Waals surface area contributed by atoms with E-state index in [-0.39, 0.29) is 22.6 Å². The van der Waals surface area contributed by atoms with Crippen molar-refractivity contribution in [1.29, 1.82) is 0 Å². The third-order valence-electron chi connectivity index (χ3n) is 3.52. The number of ether oxygens (including phenoxy) is 2. The van der Waals surface area contributed by atoms with Gasteiger partial charge in [-0.3, -0.25) is 9.59 Å². The molecular weight excluding hydrogens is 402 g/mol. The third-order valence-corrected chi connectivity index (χ3v) is 4.57. The Balaban J connectivity index is 1.98. The second kappa shape index (κ2) is 10.5. The number of alkyl halides is 2. The summed E-state index contributed by atoms with van der Waals surface area (Å²) in [6.45, 7) is -2.96. The van der Waals surface area contributed by atoms with Crippen LogP contribution >= 0.6 is 11.8 Å². The van der Waals surface area contributed by atoms with E-state index in [1.807, 2.05) is 0 Å². The smallest absolute Gasteiger partial charge is 0.387 e. The number of amides is 2. The first-order valence-corrected chi connectivity index (χ1v) is 9.21. The van der Waals surface area contributed by atoms with Crippen molar-refractivity contribution in [3.63, 3.8) is 0 Å². The number of hydrogen-bond donors (Lipinski definition) is 1. The number of nitrogens with zero attached hydrogens (tertiary/aromatic N) is 1. The molecule has 0 radical (unpaired) electrons. The van der Waals surface area contributed by atoms with Gasteiger partial charge in [-0.2, -0.15) is 8.78 Å². The molecule has 0 saturated heterocycles. The van der Waals surface area contributed by atoms with Crippen LogP contribution in [0.5, 0.6) is 11.5 Å². The molecule has 0 fully saturated rings. The second-order valence-corrected chi connectivity index (χ2v) is 6.92. The first kappa shape index (κ1) is 22.2. The van der Waals surface area contributed by atoms with Gasteiger partial charge < -0.3 is 19.7 Å². The molecule has 0 unspecified atom stereocenters. The Hall–Kier alpha value is -3.07. The summed E-state index contributed by atoms with van der Waals surface area (Å²) in [6.07, 6.45) is 2.82. The van der Waals surface area contributed by atoms with Crippen molar-refractivity contribution in [3.8, 4) is 11.5 Å². The van der Waals surface area contributed by atoms with Crippen molar-refractivity contribution in [2.45, 2.75) is 11.5 Å². The number of anilines is 1. The predicted octanol–water partition coefficient (Wildman–Crippen LogP) is 4.72. The molecule has 0 saturated carbocycles. The van der Waals surface area contributed by atoms with E-state index in [0.717, 1.165) is 16.7 Å². The van der Waals surface area contributed by atoms with Crippen LogP contribution in [0, 0.1) is 0 Å². The van der Waals surface area contributed by atoms with Gasteiger partial charge in [-0.25, -0.2) is 0 Å². The molecule has 0 heterocycles. The first-order valence-electron chi connectivity index (χ1n) is 8.39. The minimum Gasteiger partial charge on any atom is -0.493 e. The van der Waals surface area contributed by atoms with Gasteiger partial charge in [-0.05, 0) is 59.8 Å². The highest BCUT2D eigenvalue weighted by atomic mass is 32.2. The minimum absolute atomic E-state index is 0.0881. The van der Waals surface area contributed by atoms with Crippen LogP contribution in [0.3, 0.4) is 0 Å².